The second-order valence-electron chi connectivity index (χ2n) is 5.05. The van der Waals surface area contributed by atoms with E-state index in [2.05, 4.69) is 37.0 Å². The molecule has 0 radical (unpaired) electrons. The lowest BCUT2D eigenvalue weighted by Crippen LogP contribution is -2.06. The molecule has 0 unspecified atom stereocenters. The molecule has 4 heteroatoms. The molecule has 0 aliphatic rings. The number of nitrogens with zero attached hydrogens (tertiary/aromatic N) is 3. The van der Waals surface area contributed by atoms with Crippen molar-refractivity contribution in [2.75, 3.05) is 6.54 Å². The molecule has 0 fully saturated rings. The molecule has 0 saturated heterocycles. The minimum atomic E-state index is 0.598. The van der Waals surface area contributed by atoms with Crippen molar-refractivity contribution in [3.63, 3.8) is 0 Å². The zero-order valence-electron chi connectivity index (χ0n) is 11.8. The van der Waals surface area contributed by atoms with E-state index in [1.807, 2.05) is 16.7 Å². The lowest BCUT2D eigenvalue weighted by molar-refractivity contribution is 0.900. The van der Waals surface area contributed by atoms with E-state index in [1.54, 1.807) is 6.20 Å². The Morgan fingerprint density at radius 3 is 2.90 bits per heavy atom. The number of imidazole rings is 1. The molecular formula is C16H18N4. The van der Waals surface area contributed by atoms with Gasteiger partial charge < -0.3 is 5.73 Å². The van der Waals surface area contributed by atoms with Crippen LogP contribution in [-0.2, 0) is 6.42 Å². The largest absolute Gasteiger partial charge is 0.330 e. The van der Waals surface area contributed by atoms with E-state index in [1.165, 1.54) is 16.7 Å². The van der Waals surface area contributed by atoms with Crippen LogP contribution in [0.2, 0.25) is 0 Å². The summed E-state index contributed by atoms with van der Waals surface area (Å²) < 4.78 is 2.03. The van der Waals surface area contributed by atoms with E-state index in [9.17, 15) is 0 Å². The minimum absolute atomic E-state index is 0.598. The highest BCUT2D eigenvalue weighted by Crippen LogP contribution is 2.27. The van der Waals surface area contributed by atoms with Crippen LogP contribution in [0.4, 0.5) is 0 Å². The smallest absolute Gasteiger partial charge is 0.234 e. The number of aromatic nitrogens is 3. The third kappa shape index (κ3) is 2.08. The van der Waals surface area contributed by atoms with Crippen molar-refractivity contribution in [3.8, 4) is 11.3 Å². The van der Waals surface area contributed by atoms with Crippen LogP contribution in [0.5, 0.6) is 0 Å². The summed E-state index contributed by atoms with van der Waals surface area (Å²) in [7, 11) is 0. The van der Waals surface area contributed by atoms with E-state index in [-0.39, 0.29) is 0 Å². The summed E-state index contributed by atoms with van der Waals surface area (Å²) in [4.78, 5) is 9.03. The Bertz CT molecular complexity index is 758. The summed E-state index contributed by atoms with van der Waals surface area (Å²) in [5, 5.41) is 0. The number of hydrogen-bond donors (Lipinski definition) is 1. The van der Waals surface area contributed by atoms with Crippen molar-refractivity contribution >= 4 is 5.78 Å². The third-order valence-electron chi connectivity index (χ3n) is 3.53. The maximum Gasteiger partial charge on any atom is 0.234 e. The van der Waals surface area contributed by atoms with Gasteiger partial charge in [-0.25, -0.2) is 9.97 Å². The van der Waals surface area contributed by atoms with Crippen LogP contribution in [0.25, 0.3) is 17.0 Å². The molecule has 3 rings (SSSR count). The SMILES string of the molecule is Cc1ccc(C)c(-c2nc3ncccn3c2CCN)c1. The van der Waals surface area contributed by atoms with Crippen molar-refractivity contribution in [1.82, 2.24) is 14.4 Å². The van der Waals surface area contributed by atoms with E-state index in [4.69, 9.17) is 10.7 Å². The van der Waals surface area contributed by atoms with Gasteiger partial charge in [0.2, 0.25) is 5.78 Å². The Morgan fingerprint density at radius 2 is 2.10 bits per heavy atom. The molecule has 1 aromatic carbocycles. The van der Waals surface area contributed by atoms with E-state index in [0.29, 0.717) is 6.54 Å². The van der Waals surface area contributed by atoms with Gasteiger partial charge in [0.25, 0.3) is 0 Å². The second kappa shape index (κ2) is 5.06. The molecule has 20 heavy (non-hydrogen) atoms. The summed E-state index contributed by atoms with van der Waals surface area (Å²) in [6, 6.07) is 8.35. The Kier molecular flexibility index (Phi) is 3.24. The molecule has 102 valence electrons. The lowest BCUT2D eigenvalue weighted by atomic mass is 10.0. The van der Waals surface area contributed by atoms with Crippen LogP contribution in [0.15, 0.2) is 36.7 Å². The Balaban J connectivity index is 2.29. The first-order valence-corrected chi connectivity index (χ1v) is 6.80. The predicted molar refractivity (Wildman–Crippen MR) is 80.7 cm³/mol. The molecule has 0 saturated carbocycles. The number of hydrogen-bond acceptors (Lipinski definition) is 3. The molecule has 0 aliphatic heterocycles. The molecule has 0 atom stereocenters. The van der Waals surface area contributed by atoms with Crippen molar-refractivity contribution in [2.24, 2.45) is 5.73 Å². The number of fused-ring (bicyclic) bond motifs is 1. The number of nitrogens with two attached hydrogens (primary N) is 1. The van der Waals surface area contributed by atoms with E-state index >= 15 is 0 Å². The Hall–Kier alpha value is -2.20. The lowest BCUT2D eigenvalue weighted by Gasteiger charge is -2.07. The van der Waals surface area contributed by atoms with Crippen LogP contribution >= 0.6 is 0 Å². The summed E-state index contributed by atoms with van der Waals surface area (Å²) in [6.07, 6.45) is 4.55. The molecule has 0 aliphatic carbocycles. The molecule has 2 heterocycles. The highest BCUT2D eigenvalue weighted by atomic mass is 15.1. The van der Waals surface area contributed by atoms with Crippen molar-refractivity contribution < 1.29 is 0 Å². The van der Waals surface area contributed by atoms with Crippen LogP contribution in [0.1, 0.15) is 16.8 Å². The summed E-state index contributed by atoms with van der Waals surface area (Å²) in [6.45, 7) is 4.80. The monoisotopic (exact) mass is 266 g/mol. The van der Waals surface area contributed by atoms with E-state index in [0.717, 1.165) is 23.6 Å². The zero-order valence-corrected chi connectivity index (χ0v) is 11.8. The quantitative estimate of drug-likeness (QED) is 0.792. The van der Waals surface area contributed by atoms with Gasteiger partial charge in [0.1, 0.15) is 0 Å². The highest BCUT2D eigenvalue weighted by molar-refractivity contribution is 5.69. The maximum absolute atomic E-state index is 5.76. The topological polar surface area (TPSA) is 56.2 Å². The molecule has 0 amide bonds. The summed E-state index contributed by atoms with van der Waals surface area (Å²) in [5.74, 6) is 0.729. The van der Waals surface area contributed by atoms with Crippen LogP contribution in [0, 0.1) is 13.8 Å². The maximum atomic E-state index is 5.76. The van der Waals surface area contributed by atoms with E-state index < -0.39 is 0 Å². The van der Waals surface area contributed by atoms with Gasteiger partial charge in [-0.3, -0.25) is 4.40 Å². The average molecular weight is 266 g/mol. The Morgan fingerprint density at radius 1 is 1.25 bits per heavy atom. The van der Waals surface area contributed by atoms with Crippen molar-refractivity contribution in [3.05, 3.63) is 53.5 Å². The standard InChI is InChI=1S/C16H18N4/c1-11-4-5-12(2)13(10-11)15-14(6-7-17)20-9-3-8-18-16(20)19-15/h3-5,8-10H,6-7,17H2,1-2H3. The molecular weight excluding hydrogens is 248 g/mol. The van der Waals surface area contributed by atoms with Crippen molar-refractivity contribution in [1.29, 1.82) is 0 Å². The average Bonchev–Trinajstić information content (AvgIpc) is 2.81. The Labute approximate surface area is 118 Å². The van der Waals surface area contributed by atoms with Gasteiger partial charge in [0.05, 0.1) is 11.4 Å². The highest BCUT2D eigenvalue weighted by Gasteiger charge is 2.15. The molecule has 0 bridgehead atoms. The summed E-state index contributed by atoms with van der Waals surface area (Å²) in [5.41, 5.74) is 11.5. The normalized spacial score (nSPS) is 11.2. The minimum Gasteiger partial charge on any atom is -0.330 e. The van der Waals surface area contributed by atoms with Gasteiger partial charge in [0.15, 0.2) is 0 Å². The molecule has 0 spiro atoms. The van der Waals surface area contributed by atoms with Crippen LogP contribution < -0.4 is 5.73 Å². The first kappa shape index (κ1) is 12.8. The molecule has 4 nitrogen and oxygen atoms in total. The van der Waals surface area contributed by atoms with Crippen LogP contribution in [-0.4, -0.2) is 20.9 Å². The fourth-order valence-electron chi connectivity index (χ4n) is 2.52. The van der Waals surface area contributed by atoms with Gasteiger partial charge in [-0.2, -0.15) is 0 Å². The molecule has 3 aromatic rings. The van der Waals surface area contributed by atoms with Crippen LogP contribution in [0.3, 0.4) is 0 Å². The molecule has 2 N–H and O–H groups in total. The van der Waals surface area contributed by atoms with Gasteiger partial charge in [0, 0.05) is 24.4 Å². The first-order valence-electron chi connectivity index (χ1n) is 6.80. The first-order chi connectivity index (χ1) is 9.70. The predicted octanol–water partition coefficient (Wildman–Crippen LogP) is 2.51. The number of rotatable bonds is 3. The van der Waals surface area contributed by atoms with Crippen molar-refractivity contribution in [2.45, 2.75) is 20.3 Å². The number of benzene rings is 1. The second-order valence-corrected chi connectivity index (χ2v) is 5.05. The van der Waals surface area contributed by atoms with Gasteiger partial charge in [-0.1, -0.05) is 17.7 Å². The van der Waals surface area contributed by atoms with Gasteiger partial charge >= 0.3 is 0 Å². The zero-order chi connectivity index (χ0) is 14.1. The van der Waals surface area contributed by atoms with Gasteiger partial charge in [-0.05, 0) is 38.1 Å². The molecule has 2 aromatic heterocycles. The summed E-state index contributed by atoms with van der Waals surface area (Å²) >= 11 is 0. The fourth-order valence-corrected chi connectivity index (χ4v) is 2.52. The number of aryl methyl sites for hydroxylation is 2. The van der Waals surface area contributed by atoms with Gasteiger partial charge in [-0.15, -0.1) is 0 Å². The third-order valence-corrected chi connectivity index (χ3v) is 3.53. The fraction of sp³-hybridized carbons (Fsp3) is 0.250.